The standard InChI is InChI=1S/C15H23N3O/c16-15(19)17-8-11-18-9-6-14(7-10-18)12-13-4-2-1-3-5-13/h1-5,14H,6-12H2,(H3,16,17,19). The number of primary amides is 1. The van der Waals surface area contributed by atoms with Gasteiger partial charge in [0.25, 0.3) is 0 Å². The fourth-order valence-corrected chi connectivity index (χ4v) is 2.70. The Labute approximate surface area is 115 Å². The molecule has 2 amide bonds. The number of nitrogens with two attached hydrogens (primary N) is 1. The van der Waals surface area contributed by atoms with Gasteiger partial charge in [-0.3, -0.25) is 0 Å². The SMILES string of the molecule is NC(=O)NCCN1CCC(Cc2ccccc2)CC1. The number of benzene rings is 1. The van der Waals surface area contributed by atoms with Crippen molar-refractivity contribution in [3.8, 4) is 0 Å². The van der Waals surface area contributed by atoms with Crippen LogP contribution in [0.3, 0.4) is 0 Å². The molecule has 1 aliphatic heterocycles. The van der Waals surface area contributed by atoms with E-state index in [-0.39, 0.29) is 0 Å². The van der Waals surface area contributed by atoms with Gasteiger partial charge in [0.1, 0.15) is 0 Å². The minimum absolute atomic E-state index is 0.432. The molecule has 19 heavy (non-hydrogen) atoms. The molecule has 1 aromatic carbocycles. The van der Waals surface area contributed by atoms with Crippen LogP contribution in [0.2, 0.25) is 0 Å². The van der Waals surface area contributed by atoms with E-state index in [0.29, 0.717) is 6.54 Å². The molecule has 2 rings (SSSR count). The first-order chi connectivity index (χ1) is 9.24. The molecule has 0 atom stereocenters. The van der Waals surface area contributed by atoms with E-state index < -0.39 is 6.03 Å². The van der Waals surface area contributed by atoms with Crippen molar-refractivity contribution >= 4 is 6.03 Å². The van der Waals surface area contributed by atoms with Gasteiger partial charge in [0, 0.05) is 13.1 Å². The van der Waals surface area contributed by atoms with Crippen LogP contribution in [0.25, 0.3) is 0 Å². The predicted molar refractivity (Wildman–Crippen MR) is 76.9 cm³/mol. The molecule has 0 aromatic heterocycles. The molecule has 1 fully saturated rings. The predicted octanol–water partition coefficient (Wildman–Crippen LogP) is 1.61. The largest absolute Gasteiger partial charge is 0.352 e. The zero-order valence-electron chi connectivity index (χ0n) is 11.3. The number of piperidine rings is 1. The van der Waals surface area contributed by atoms with E-state index in [0.717, 1.165) is 25.6 Å². The van der Waals surface area contributed by atoms with E-state index >= 15 is 0 Å². The third-order valence-corrected chi connectivity index (χ3v) is 3.80. The minimum Gasteiger partial charge on any atom is -0.352 e. The molecule has 1 aromatic rings. The number of nitrogens with one attached hydrogen (secondary N) is 1. The summed E-state index contributed by atoms with van der Waals surface area (Å²) < 4.78 is 0. The van der Waals surface area contributed by atoms with E-state index in [1.54, 1.807) is 0 Å². The molecule has 3 N–H and O–H groups in total. The molecular weight excluding hydrogens is 238 g/mol. The van der Waals surface area contributed by atoms with Crippen molar-refractivity contribution in [1.29, 1.82) is 0 Å². The number of hydrogen-bond donors (Lipinski definition) is 2. The lowest BCUT2D eigenvalue weighted by molar-refractivity contribution is 0.184. The summed E-state index contributed by atoms with van der Waals surface area (Å²) in [7, 11) is 0. The molecule has 0 spiro atoms. The van der Waals surface area contributed by atoms with E-state index in [2.05, 4.69) is 40.5 Å². The number of urea groups is 1. The monoisotopic (exact) mass is 261 g/mol. The molecule has 0 unspecified atom stereocenters. The summed E-state index contributed by atoms with van der Waals surface area (Å²) in [6.07, 6.45) is 3.67. The van der Waals surface area contributed by atoms with Crippen LogP contribution in [-0.4, -0.2) is 37.1 Å². The number of hydrogen-bond acceptors (Lipinski definition) is 2. The van der Waals surface area contributed by atoms with Crippen LogP contribution in [-0.2, 0) is 6.42 Å². The first kappa shape index (κ1) is 13.9. The van der Waals surface area contributed by atoms with Gasteiger partial charge in [-0.1, -0.05) is 30.3 Å². The van der Waals surface area contributed by atoms with E-state index in [9.17, 15) is 4.79 Å². The molecular formula is C15H23N3O. The number of nitrogens with zero attached hydrogens (tertiary/aromatic N) is 1. The summed E-state index contributed by atoms with van der Waals surface area (Å²) in [5, 5.41) is 2.64. The maximum atomic E-state index is 10.6. The zero-order valence-corrected chi connectivity index (χ0v) is 11.3. The van der Waals surface area contributed by atoms with Gasteiger partial charge in [0.15, 0.2) is 0 Å². The second-order valence-electron chi connectivity index (χ2n) is 5.27. The van der Waals surface area contributed by atoms with Gasteiger partial charge >= 0.3 is 6.03 Å². The van der Waals surface area contributed by atoms with Crippen LogP contribution >= 0.6 is 0 Å². The van der Waals surface area contributed by atoms with Crippen LogP contribution in [0, 0.1) is 5.92 Å². The smallest absolute Gasteiger partial charge is 0.312 e. The number of likely N-dealkylation sites (tertiary alicyclic amines) is 1. The highest BCUT2D eigenvalue weighted by molar-refractivity contribution is 5.71. The molecule has 1 saturated heterocycles. The Morgan fingerprint density at radius 2 is 1.95 bits per heavy atom. The summed E-state index contributed by atoms with van der Waals surface area (Å²) in [4.78, 5) is 13.0. The lowest BCUT2D eigenvalue weighted by Gasteiger charge is -2.32. The lowest BCUT2D eigenvalue weighted by atomic mass is 9.90. The molecule has 1 aliphatic rings. The minimum atomic E-state index is -0.432. The van der Waals surface area contributed by atoms with Gasteiger partial charge in [-0.05, 0) is 43.8 Å². The van der Waals surface area contributed by atoms with Crippen molar-refractivity contribution in [2.45, 2.75) is 19.3 Å². The fourth-order valence-electron chi connectivity index (χ4n) is 2.70. The first-order valence-corrected chi connectivity index (χ1v) is 7.03. The normalized spacial score (nSPS) is 17.3. The molecule has 104 valence electrons. The maximum Gasteiger partial charge on any atom is 0.312 e. The molecule has 0 bridgehead atoms. The topological polar surface area (TPSA) is 58.4 Å². The van der Waals surface area contributed by atoms with Gasteiger partial charge in [0.2, 0.25) is 0 Å². The summed E-state index contributed by atoms with van der Waals surface area (Å²) in [5.74, 6) is 0.794. The number of carbonyl (C=O) groups excluding carboxylic acids is 1. The van der Waals surface area contributed by atoms with Gasteiger partial charge < -0.3 is 16.0 Å². The Bertz CT molecular complexity index is 386. The average Bonchev–Trinajstić information content (AvgIpc) is 2.42. The third kappa shape index (κ3) is 4.91. The molecule has 1 heterocycles. The lowest BCUT2D eigenvalue weighted by Crippen LogP contribution is -2.41. The first-order valence-electron chi connectivity index (χ1n) is 7.03. The molecule has 0 aliphatic carbocycles. The van der Waals surface area contributed by atoms with Crippen molar-refractivity contribution in [2.24, 2.45) is 11.7 Å². The Morgan fingerprint density at radius 3 is 2.58 bits per heavy atom. The van der Waals surface area contributed by atoms with E-state index in [4.69, 9.17) is 5.73 Å². The van der Waals surface area contributed by atoms with E-state index in [1.807, 2.05) is 0 Å². The van der Waals surface area contributed by atoms with Crippen LogP contribution in [0.1, 0.15) is 18.4 Å². The Morgan fingerprint density at radius 1 is 1.26 bits per heavy atom. The molecule has 0 radical (unpaired) electrons. The molecule has 4 heteroatoms. The Balaban J connectivity index is 1.66. The van der Waals surface area contributed by atoms with Gasteiger partial charge in [-0.2, -0.15) is 0 Å². The fraction of sp³-hybridized carbons (Fsp3) is 0.533. The summed E-state index contributed by atoms with van der Waals surface area (Å²) in [6, 6.07) is 10.3. The third-order valence-electron chi connectivity index (χ3n) is 3.80. The number of carbonyl (C=O) groups is 1. The highest BCUT2D eigenvalue weighted by Gasteiger charge is 2.18. The molecule has 0 saturated carbocycles. The second-order valence-corrected chi connectivity index (χ2v) is 5.27. The quantitative estimate of drug-likeness (QED) is 0.846. The second kappa shape index (κ2) is 7.14. The average molecular weight is 261 g/mol. The van der Waals surface area contributed by atoms with Crippen molar-refractivity contribution in [3.05, 3.63) is 35.9 Å². The number of amides is 2. The summed E-state index contributed by atoms with van der Waals surface area (Å²) >= 11 is 0. The highest BCUT2D eigenvalue weighted by Crippen LogP contribution is 2.21. The van der Waals surface area contributed by atoms with Crippen molar-refractivity contribution in [1.82, 2.24) is 10.2 Å². The van der Waals surface area contributed by atoms with Gasteiger partial charge in [0.05, 0.1) is 0 Å². The van der Waals surface area contributed by atoms with Crippen LogP contribution in [0.5, 0.6) is 0 Å². The van der Waals surface area contributed by atoms with Crippen molar-refractivity contribution < 1.29 is 4.79 Å². The van der Waals surface area contributed by atoms with Crippen molar-refractivity contribution in [2.75, 3.05) is 26.2 Å². The van der Waals surface area contributed by atoms with Gasteiger partial charge in [-0.15, -0.1) is 0 Å². The van der Waals surface area contributed by atoms with Crippen LogP contribution in [0.4, 0.5) is 4.79 Å². The van der Waals surface area contributed by atoms with Crippen molar-refractivity contribution in [3.63, 3.8) is 0 Å². The zero-order chi connectivity index (χ0) is 13.5. The highest BCUT2D eigenvalue weighted by atomic mass is 16.2. The molecule has 4 nitrogen and oxygen atoms in total. The maximum absolute atomic E-state index is 10.6. The Hall–Kier alpha value is -1.55. The van der Waals surface area contributed by atoms with Gasteiger partial charge in [-0.25, -0.2) is 4.79 Å². The summed E-state index contributed by atoms with van der Waals surface area (Å²) in [6.45, 7) is 3.80. The van der Waals surface area contributed by atoms with Crippen LogP contribution in [0.15, 0.2) is 30.3 Å². The van der Waals surface area contributed by atoms with E-state index in [1.165, 1.54) is 24.8 Å². The number of rotatable bonds is 5. The Kier molecular flexibility index (Phi) is 5.21. The van der Waals surface area contributed by atoms with Crippen LogP contribution < -0.4 is 11.1 Å². The summed E-state index contributed by atoms with van der Waals surface area (Å²) in [5.41, 5.74) is 6.49.